The lowest BCUT2D eigenvalue weighted by molar-refractivity contribution is -0.374. The van der Waals surface area contributed by atoms with Crippen LogP contribution in [-0.2, 0) is 0 Å². The SMILES string of the molecule is C=CC(CC(F)(C(F)(F)F)C(F)(F)F)C(F)(C(F)(F)F)C(F)(F)F. The third-order valence-corrected chi connectivity index (χ3v) is 3.02. The first-order chi connectivity index (χ1) is 10.2. The van der Waals surface area contributed by atoms with Gasteiger partial charge in [0.25, 0.3) is 5.67 Å². The summed E-state index contributed by atoms with van der Waals surface area (Å²) in [5.41, 5.74) is -13.1. The predicted molar refractivity (Wildman–Crippen MR) is 50.2 cm³/mol. The molecule has 0 rings (SSSR count). The van der Waals surface area contributed by atoms with Crippen LogP contribution in [0.3, 0.4) is 0 Å². The molecule has 0 radical (unpaired) electrons. The fourth-order valence-corrected chi connectivity index (χ4v) is 1.66. The molecule has 24 heavy (non-hydrogen) atoms. The Balaban J connectivity index is 6.33. The van der Waals surface area contributed by atoms with Crippen LogP contribution in [0.4, 0.5) is 61.5 Å². The third kappa shape index (κ3) is 3.55. The summed E-state index contributed by atoms with van der Waals surface area (Å²) >= 11 is 0. The summed E-state index contributed by atoms with van der Waals surface area (Å²) in [5.74, 6) is -4.26. The Labute approximate surface area is 124 Å². The van der Waals surface area contributed by atoms with Crippen LogP contribution in [0.25, 0.3) is 0 Å². The minimum absolute atomic E-state index is 0.799. The summed E-state index contributed by atoms with van der Waals surface area (Å²) < 4.78 is 175. The van der Waals surface area contributed by atoms with Crippen molar-refractivity contribution in [3.05, 3.63) is 12.7 Å². The average Bonchev–Trinajstić information content (AvgIpc) is 2.28. The van der Waals surface area contributed by atoms with Crippen LogP contribution >= 0.6 is 0 Å². The Kier molecular flexibility index (Phi) is 5.63. The zero-order chi connectivity index (χ0) is 20.0. The number of alkyl halides is 14. The van der Waals surface area contributed by atoms with E-state index in [2.05, 4.69) is 6.58 Å². The molecule has 0 fully saturated rings. The average molecular weight is 392 g/mol. The van der Waals surface area contributed by atoms with Gasteiger partial charge in [-0.1, -0.05) is 6.08 Å². The predicted octanol–water partition coefficient (Wildman–Crippen LogP) is 5.84. The monoisotopic (exact) mass is 392 g/mol. The smallest absolute Gasteiger partial charge is 0.224 e. The Morgan fingerprint density at radius 1 is 0.583 bits per heavy atom. The minimum atomic E-state index is -6.98. The number of allylic oxidation sites excluding steroid dienone is 1. The van der Waals surface area contributed by atoms with Gasteiger partial charge in [0.05, 0.1) is 0 Å². The summed E-state index contributed by atoms with van der Waals surface area (Å²) in [6.07, 6.45) is -32.2. The van der Waals surface area contributed by atoms with Crippen LogP contribution in [0.5, 0.6) is 0 Å². The number of hydrogen-bond acceptors (Lipinski definition) is 0. The van der Waals surface area contributed by atoms with Gasteiger partial charge >= 0.3 is 30.4 Å². The van der Waals surface area contributed by atoms with Gasteiger partial charge in [0.2, 0.25) is 0 Å². The standard InChI is InChI=1S/C10H6F14/c1-2-4(6(12,9(19,20)21)10(22,23)24)3-5(11,7(13,14)15)8(16,17)18/h2,4H,1,3H2. The van der Waals surface area contributed by atoms with Crippen molar-refractivity contribution in [3.8, 4) is 0 Å². The molecule has 0 bridgehead atoms. The molecule has 144 valence electrons. The van der Waals surface area contributed by atoms with E-state index in [0.29, 0.717) is 0 Å². The van der Waals surface area contributed by atoms with E-state index in [4.69, 9.17) is 0 Å². The topological polar surface area (TPSA) is 0 Å². The lowest BCUT2D eigenvalue weighted by Gasteiger charge is -2.39. The van der Waals surface area contributed by atoms with Crippen LogP contribution in [0.15, 0.2) is 12.7 Å². The lowest BCUT2D eigenvalue weighted by atomic mass is 9.79. The molecule has 1 atom stereocenters. The van der Waals surface area contributed by atoms with Gasteiger partial charge in [-0.2, -0.15) is 52.7 Å². The maximum atomic E-state index is 13.6. The lowest BCUT2D eigenvalue weighted by Crippen LogP contribution is -2.62. The van der Waals surface area contributed by atoms with E-state index in [1.807, 2.05) is 0 Å². The van der Waals surface area contributed by atoms with Gasteiger partial charge < -0.3 is 0 Å². The number of halogens is 14. The third-order valence-electron chi connectivity index (χ3n) is 3.02. The molecule has 0 saturated heterocycles. The van der Waals surface area contributed by atoms with Crippen LogP contribution < -0.4 is 0 Å². The van der Waals surface area contributed by atoms with E-state index in [1.54, 1.807) is 0 Å². The molecule has 0 aromatic rings. The summed E-state index contributed by atoms with van der Waals surface area (Å²) in [4.78, 5) is 0. The van der Waals surface area contributed by atoms with Gasteiger partial charge in [-0.3, -0.25) is 0 Å². The quantitative estimate of drug-likeness (QED) is 0.416. The van der Waals surface area contributed by atoms with E-state index in [0.717, 1.165) is 0 Å². The van der Waals surface area contributed by atoms with Gasteiger partial charge in [-0.05, 0) is 0 Å². The zero-order valence-corrected chi connectivity index (χ0v) is 10.9. The fourth-order valence-electron chi connectivity index (χ4n) is 1.66. The van der Waals surface area contributed by atoms with Gasteiger partial charge in [0.15, 0.2) is 0 Å². The molecule has 0 aromatic heterocycles. The van der Waals surface area contributed by atoms with E-state index in [9.17, 15) is 61.5 Å². The summed E-state index contributed by atoms with van der Waals surface area (Å²) in [6, 6.07) is 0. The summed E-state index contributed by atoms with van der Waals surface area (Å²) in [6.45, 7) is 2.16. The molecular weight excluding hydrogens is 386 g/mol. The van der Waals surface area contributed by atoms with E-state index >= 15 is 0 Å². The molecule has 1 unspecified atom stereocenters. The normalized spacial score (nSPS) is 16.9. The number of hydrogen-bond donors (Lipinski definition) is 0. The van der Waals surface area contributed by atoms with Crippen molar-refractivity contribution in [3.63, 3.8) is 0 Å². The van der Waals surface area contributed by atoms with Crippen molar-refractivity contribution in [2.45, 2.75) is 42.5 Å². The van der Waals surface area contributed by atoms with E-state index in [-0.39, 0.29) is 0 Å². The molecule has 0 aromatic carbocycles. The second-order valence-corrected chi connectivity index (χ2v) is 4.55. The first-order valence-electron chi connectivity index (χ1n) is 5.44. The second kappa shape index (κ2) is 5.93. The van der Waals surface area contributed by atoms with Crippen LogP contribution in [-0.4, -0.2) is 36.0 Å². The van der Waals surface area contributed by atoms with Crippen molar-refractivity contribution in [1.82, 2.24) is 0 Å². The molecule has 0 saturated carbocycles. The molecule has 0 N–H and O–H groups in total. The molecule has 0 aliphatic carbocycles. The highest BCUT2D eigenvalue weighted by atomic mass is 19.4. The molecule has 0 aliphatic heterocycles. The Hall–Kier alpha value is -1.24. The maximum absolute atomic E-state index is 13.6. The van der Waals surface area contributed by atoms with Crippen LogP contribution in [0.2, 0.25) is 0 Å². The Morgan fingerprint density at radius 2 is 0.875 bits per heavy atom. The van der Waals surface area contributed by atoms with Gasteiger partial charge in [0, 0.05) is 12.3 Å². The Bertz CT molecular complexity index is 418. The first kappa shape index (κ1) is 22.8. The Morgan fingerprint density at radius 3 is 1.04 bits per heavy atom. The van der Waals surface area contributed by atoms with Crippen molar-refractivity contribution < 1.29 is 61.5 Å². The highest BCUT2D eigenvalue weighted by Gasteiger charge is 2.79. The van der Waals surface area contributed by atoms with Crippen molar-refractivity contribution >= 4 is 0 Å². The van der Waals surface area contributed by atoms with Crippen molar-refractivity contribution in [2.75, 3.05) is 0 Å². The highest BCUT2D eigenvalue weighted by Crippen LogP contribution is 2.57. The molecule has 0 amide bonds. The van der Waals surface area contributed by atoms with Crippen LogP contribution in [0, 0.1) is 5.92 Å². The van der Waals surface area contributed by atoms with E-state index < -0.39 is 54.5 Å². The highest BCUT2D eigenvalue weighted by molar-refractivity contribution is 5.10. The fraction of sp³-hybridized carbons (Fsp3) is 0.800. The molecular formula is C10H6F14. The largest absolute Gasteiger partial charge is 0.432 e. The maximum Gasteiger partial charge on any atom is 0.432 e. The van der Waals surface area contributed by atoms with Crippen molar-refractivity contribution in [2.24, 2.45) is 5.92 Å². The summed E-state index contributed by atoms with van der Waals surface area (Å²) in [5, 5.41) is 0. The molecule has 0 heterocycles. The second-order valence-electron chi connectivity index (χ2n) is 4.55. The van der Waals surface area contributed by atoms with Crippen molar-refractivity contribution in [1.29, 1.82) is 0 Å². The minimum Gasteiger partial charge on any atom is -0.224 e. The van der Waals surface area contributed by atoms with Gasteiger partial charge in [0.1, 0.15) is 0 Å². The zero-order valence-electron chi connectivity index (χ0n) is 10.9. The molecule has 0 spiro atoms. The van der Waals surface area contributed by atoms with E-state index in [1.165, 1.54) is 0 Å². The van der Waals surface area contributed by atoms with Gasteiger partial charge in [-0.25, -0.2) is 8.78 Å². The van der Waals surface area contributed by atoms with Gasteiger partial charge in [-0.15, -0.1) is 6.58 Å². The van der Waals surface area contributed by atoms with Crippen LogP contribution in [0.1, 0.15) is 6.42 Å². The summed E-state index contributed by atoms with van der Waals surface area (Å²) in [7, 11) is 0. The number of rotatable bonds is 4. The molecule has 0 nitrogen and oxygen atoms in total. The first-order valence-corrected chi connectivity index (χ1v) is 5.44. The molecule has 14 heteroatoms. The molecule has 0 aliphatic rings.